The molecule has 146 valence electrons. The summed E-state index contributed by atoms with van der Waals surface area (Å²) in [5, 5.41) is 0.764. The maximum Gasteiger partial charge on any atom is 0.229 e. The first kappa shape index (κ1) is 19.7. The van der Waals surface area contributed by atoms with Crippen molar-refractivity contribution >= 4 is 44.4 Å². The van der Waals surface area contributed by atoms with Crippen LogP contribution in [0, 0.1) is 6.92 Å². The van der Waals surface area contributed by atoms with Crippen molar-refractivity contribution in [3.05, 3.63) is 90.0 Å². The van der Waals surface area contributed by atoms with Gasteiger partial charge in [0.25, 0.3) is 0 Å². The molecule has 4 rings (SSSR count). The quantitative estimate of drug-likeness (QED) is 0.329. The van der Waals surface area contributed by atoms with Crippen LogP contribution in [0.2, 0.25) is 0 Å². The average molecular weight is 419 g/mol. The van der Waals surface area contributed by atoms with Gasteiger partial charge in [0.05, 0.1) is 16.8 Å². The van der Waals surface area contributed by atoms with E-state index in [2.05, 4.69) is 49.4 Å². The summed E-state index contributed by atoms with van der Waals surface area (Å²) in [6, 6.07) is 26.6. The molecule has 4 aromatic rings. The van der Waals surface area contributed by atoms with Crippen molar-refractivity contribution in [3.63, 3.8) is 0 Å². The largest absolute Gasteiger partial charge is 0.284 e. The molecule has 0 saturated heterocycles. The van der Waals surface area contributed by atoms with Crippen molar-refractivity contribution in [3.8, 4) is 0 Å². The summed E-state index contributed by atoms with van der Waals surface area (Å²) in [6.07, 6.45) is 0.474. The smallest absolute Gasteiger partial charge is 0.229 e. The van der Waals surface area contributed by atoms with E-state index in [1.807, 2.05) is 41.3 Å². The van der Waals surface area contributed by atoms with Crippen molar-refractivity contribution in [1.82, 2.24) is 4.98 Å². The molecule has 0 N–H and O–H groups in total. The number of carbonyl (C=O) groups excluding carboxylic acids is 1. The van der Waals surface area contributed by atoms with E-state index in [0.29, 0.717) is 13.0 Å². The van der Waals surface area contributed by atoms with E-state index in [-0.39, 0.29) is 5.91 Å². The van der Waals surface area contributed by atoms with Crippen LogP contribution in [0.3, 0.4) is 0 Å². The summed E-state index contributed by atoms with van der Waals surface area (Å²) in [5.41, 5.74) is 3.29. The van der Waals surface area contributed by atoms with E-state index >= 15 is 0 Å². The van der Waals surface area contributed by atoms with Crippen LogP contribution in [0.1, 0.15) is 17.5 Å². The minimum atomic E-state index is 0.104. The van der Waals surface area contributed by atoms with Crippen LogP contribution in [0.25, 0.3) is 10.2 Å². The number of carbonyl (C=O) groups is 1. The SMILES string of the molecule is Cc1ccc(SCCC(=O)N(Cc2ccccc2)c2nc3ccccc3s2)cc1. The lowest BCUT2D eigenvalue weighted by atomic mass is 10.2. The fourth-order valence-electron chi connectivity index (χ4n) is 3.03. The van der Waals surface area contributed by atoms with Gasteiger partial charge in [-0.05, 0) is 36.8 Å². The summed E-state index contributed by atoms with van der Waals surface area (Å²) < 4.78 is 1.10. The molecule has 3 nitrogen and oxygen atoms in total. The molecule has 5 heteroatoms. The molecule has 0 aliphatic carbocycles. The number of aryl methyl sites for hydroxylation is 1. The number of nitrogens with zero attached hydrogens (tertiary/aromatic N) is 2. The maximum absolute atomic E-state index is 13.1. The van der Waals surface area contributed by atoms with Gasteiger partial charge in [-0.2, -0.15) is 0 Å². The molecule has 29 heavy (non-hydrogen) atoms. The van der Waals surface area contributed by atoms with Crippen LogP contribution in [-0.2, 0) is 11.3 Å². The number of anilines is 1. The lowest BCUT2D eigenvalue weighted by molar-refractivity contribution is -0.118. The first-order chi connectivity index (χ1) is 14.2. The Bertz CT molecular complexity index is 1060. The molecule has 1 amide bonds. The van der Waals surface area contributed by atoms with E-state index < -0.39 is 0 Å². The molecule has 1 aromatic heterocycles. The van der Waals surface area contributed by atoms with Gasteiger partial charge >= 0.3 is 0 Å². The Morgan fingerprint density at radius 1 is 0.966 bits per heavy atom. The molecule has 0 unspecified atom stereocenters. The maximum atomic E-state index is 13.1. The highest BCUT2D eigenvalue weighted by molar-refractivity contribution is 7.99. The second kappa shape index (κ2) is 9.25. The van der Waals surface area contributed by atoms with Gasteiger partial charge in [0.15, 0.2) is 5.13 Å². The highest BCUT2D eigenvalue weighted by atomic mass is 32.2. The zero-order chi connectivity index (χ0) is 20.1. The molecule has 0 aliphatic rings. The fourth-order valence-corrected chi connectivity index (χ4v) is 4.85. The van der Waals surface area contributed by atoms with Gasteiger partial charge in [-0.15, -0.1) is 11.8 Å². The number of fused-ring (bicyclic) bond motifs is 1. The number of aromatic nitrogens is 1. The highest BCUT2D eigenvalue weighted by Crippen LogP contribution is 2.30. The van der Waals surface area contributed by atoms with Gasteiger partial charge < -0.3 is 0 Å². The Kier molecular flexibility index (Phi) is 6.27. The Balaban J connectivity index is 1.50. The van der Waals surface area contributed by atoms with Crippen molar-refractivity contribution in [2.45, 2.75) is 24.8 Å². The summed E-state index contributed by atoms with van der Waals surface area (Å²) in [6.45, 7) is 2.62. The molecule has 0 aliphatic heterocycles. The highest BCUT2D eigenvalue weighted by Gasteiger charge is 2.20. The third kappa shape index (κ3) is 5.05. The monoisotopic (exact) mass is 418 g/mol. The predicted molar refractivity (Wildman–Crippen MR) is 124 cm³/mol. The number of thioether (sulfide) groups is 1. The summed E-state index contributed by atoms with van der Waals surface area (Å²) >= 11 is 3.29. The average Bonchev–Trinajstić information content (AvgIpc) is 3.18. The van der Waals surface area contributed by atoms with Gasteiger partial charge in [0.2, 0.25) is 5.91 Å². The Morgan fingerprint density at radius 3 is 2.45 bits per heavy atom. The first-order valence-electron chi connectivity index (χ1n) is 9.58. The zero-order valence-corrected chi connectivity index (χ0v) is 17.9. The van der Waals surface area contributed by atoms with Gasteiger partial charge in [-0.3, -0.25) is 9.69 Å². The second-order valence-electron chi connectivity index (χ2n) is 6.84. The molecular weight excluding hydrogens is 396 g/mol. The van der Waals surface area contributed by atoms with Crippen LogP contribution in [0.5, 0.6) is 0 Å². The molecule has 0 fully saturated rings. The molecule has 0 bridgehead atoms. The molecule has 0 atom stereocenters. The third-order valence-electron chi connectivity index (χ3n) is 4.60. The van der Waals surface area contributed by atoms with Gasteiger partial charge in [-0.1, -0.05) is 71.5 Å². The Morgan fingerprint density at radius 2 is 1.69 bits per heavy atom. The first-order valence-corrected chi connectivity index (χ1v) is 11.4. The lowest BCUT2D eigenvalue weighted by Crippen LogP contribution is -2.30. The molecular formula is C24H22N2OS2. The predicted octanol–water partition coefficient (Wildman–Crippen LogP) is 6.32. The van der Waals surface area contributed by atoms with Crippen molar-refractivity contribution in [2.75, 3.05) is 10.7 Å². The molecule has 0 spiro atoms. The van der Waals surface area contributed by atoms with Crippen molar-refractivity contribution in [2.24, 2.45) is 0 Å². The lowest BCUT2D eigenvalue weighted by Gasteiger charge is -2.20. The number of para-hydroxylation sites is 1. The number of hydrogen-bond donors (Lipinski definition) is 0. The summed E-state index contributed by atoms with van der Waals surface area (Å²) in [7, 11) is 0. The van der Waals surface area contributed by atoms with Crippen molar-refractivity contribution in [1.29, 1.82) is 0 Å². The van der Waals surface area contributed by atoms with Crippen LogP contribution in [0.4, 0.5) is 5.13 Å². The van der Waals surface area contributed by atoms with Gasteiger partial charge in [0, 0.05) is 17.1 Å². The van der Waals surface area contributed by atoms with E-state index in [0.717, 1.165) is 26.7 Å². The van der Waals surface area contributed by atoms with Crippen LogP contribution in [-0.4, -0.2) is 16.6 Å². The zero-order valence-electron chi connectivity index (χ0n) is 16.2. The summed E-state index contributed by atoms with van der Waals surface area (Å²) in [4.78, 5) is 20.9. The number of amides is 1. The van der Waals surface area contributed by atoms with Crippen molar-refractivity contribution < 1.29 is 4.79 Å². The fraction of sp³-hybridized carbons (Fsp3) is 0.167. The molecule has 1 heterocycles. The van der Waals surface area contributed by atoms with Gasteiger partial charge in [-0.25, -0.2) is 4.98 Å². The van der Waals surface area contributed by atoms with Crippen LogP contribution < -0.4 is 4.90 Å². The normalized spacial score (nSPS) is 10.9. The third-order valence-corrected chi connectivity index (χ3v) is 6.68. The van der Waals surface area contributed by atoms with E-state index in [9.17, 15) is 4.79 Å². The number of hydrogen-bond acceptors (Lipinski definition) is 4. The Labute approximate surface area is 179 Å². The van der Waals surface area contributed by atoms with E-state index in [1.165, 1.54) is 10.5 Å². The number of rotatable bonds is 7. The molecule has 0 saturated carbocycles. The van der Waals surface area contributed by atoms with E-state index in [4.69, 9.17) is 4.98 Å². The standard InChI is InChI=1S/C24H22N2OS2/c1-18-11-13-20(14-12-18)28-16-15-23(27)26(17-19-7-3-2-4-8-19)24-25-21-9-5-6-10-22(21)29-24/h2-14H,15-17H2,1H3. The van der Waals surface area contributed by atoms with Crippen LogP contribution >= 0.6 is 23.1 Å². The van der Waals surface area contributed by atoms with Crippen LogP contribution in [0.15, 0.2) is 83.8 Å². The molecule has 3 aromatic carbocycles. The van der Waals surface area contributed by atoms with Gasteiger partial charge in [0.1, 0.15) is 0 Å². The second-order valence-corrected chi connectivity index (χ2v) is 9.02. The minimum absolute atomic E-state index is 0.104. The number of benzene rings is 3. The number of thiazole rings is 1. The Hall–Kier alpha value is -2.63. The topological polar surface area (TPSA) is 33.2 Å². The van der Waals surface area contributed by atoms with E-state index in [1.54, 1.807) is 23.1 Å². The minimum Gasteiger partial charge on any atom is -0.284 e. The molecule has 0 radical (unpaired) electrons. The summed E-state index contributed by atoms with van der Waals surface area (Å²) in [5.74, 6) is 0.852.